The van der Waals surface area contributed by atoms with Crippen LogP contribution in [0.5, 0.6) is 5.75 Å². The van der Waals surface area contributed by atoms with Gasteiger partial charge in [-0.25, -0.2) is 0 Å². The lowest BCUT2D eigenvalue weighted by molar-refractivity contribution is 0.0951. The van der Waals surface area contributed by atoms with E-state index in [0.717, 1.165) is 21.4 Å². The molecule has 2 N–H and O–H groups in total. The molecule has 0 atom stereocenters. The van der Waals surface area contributed by atoms with Crippen LogP contribution in [0.2, 0.25) is 0 Å². The van der Waals surface area contributed by atoms with Crippen LogP contribution in [0.3, 0.4) is 0 Å². The van der Waals surface area contributed by atoms with Gasteiger partial charge in [0.15, 0.2) is 0 Å². The highest BCUT2D eigenvalue weighted by Crippen LogP contribution is 2.26. The van der Waals surface area contributed by atoms with E-state index < -0.39 is 0 Å². The van der Waals surface area contributed by atoms with E-state index in [1.165, 1.54) is 11.3 Å². The van der Waals surface area contributed by atoms with E-state index in [9.17, 15) is 9.59 Å². The molecule has 130 valence electrons. The van der Waals surface area contributed by atoms with Gasteiger partial charge >= 0.3 is 0 Å². The lowest BCUT2D eigenvalue weighted by Gasteiger charge is -2.10. The number of nitrogens with one attached hydrogen (secondary N) is 2. The number of amides is 1. The van der Waals surface area contributed by atoms with Crippen LogP contribution in [0.25, 0.3) is 21.0 Å². The average molecular weight is 364 g/mol. The lowest BCUT2D eigenvalue weighted by atomic mass is 10.1. The summed E-state index contributed by atoms with van der Waals surface area (Å²) in [6, 6.07) is 14.7. The molecule has 2 aromatic heterocycles. The zero-order valence-electron chi connectivity index (χ0n) is 14.0. The molecular weight excluding hydrogens is 348 g/mol. The number of hydrogen-bond acceptors (Lipinski definition) is 4. The van der Waals surface area contributed by atoms with Gasteiger partial charge in [-0.05, 0) is 29.6 Å². The van der Waals surface area contributed by atoms with Crippen LogP contribution in [-0.4, -0.2) is 18.0 Å². The molecule has 0 aliphatic rings. The predicted molar refractivity (Wildman–Crippen MR) is 104 cm³/mol. The largest absolute Gasteiger partial charge is 0.496 e. The van der Waals surface area contributed by atoms with Gasteiger partial charge in [0.05, 0.1) is 18.0 Å². The van der Waals surface area contributed by atoms with Crippen LogP contribution in [0.15, 0.2) is 58.7 Å². The zero-order chi connectivity index (χ0) is 18.1. The highest BCUT2D eigenvalue weighted by molar-refractivity contribution is 7.18. The third kappa shape index (κ3) is 2.84. The van der Waals surface area contributed by atoms with Crippen molar-refractivity contribution < 1.29 is 9.53 Å². The van der Waals surface area contributed by atoms with Gasteiger partial charge in [-0.1, -0.05) is 24.3 Å². The Morgan fingerprint density at radius 3 is 2.85 bits per heavy atom. The van der Waals surface area contributed by atoms with E-state index in [-0.39, 0.29) is 11.5 Å². The zero-order valence-corrected chi connectivity index (χ0v) is 14.9. The second kappa shape index (κ2) is 6.65. The maximum absolute atomic E-state index is 12.5. The fraction of sp³-hybridized carbons (Fsp3) is 0.100. The Morgan fingerprint density at radius 1 is 1.15 bits per heavy atom. The Labute approximate surface area is 153 Å². The van der Waals surface area contributed by atoms with Crippen molar-refractivity contribution in [2.75, 3.05) is 7.11 Å². The van der Waals surface area contributed by atoms with Crippen LogP contribution in [0.1, 0.15) is 15.9 Å². The molecule has 2 aromatic carbocycles. The lowest BCUT2D eigenvalue weighted by Crippen LogP contribution is -2.23. The number of aromatic amines is 1. The molecule has 0 spiro atoms. The van der Waals surface area contributed by atoms with Gasteiger partial charge < -0.3 is 15.0 Å². The number of methoxy groups -OCH3 is 1. The number of carbonyl (C=O) groups is 1. The minimum atomic E-state index is -0.204. The van der Waals surface area contributed by atoms with E-state index in [2.05, 4.69) is 10.3 Å². The van der Waals surface area contributed by atoms with Gasteiger partial charge in [0, 0.05) is 27.8 Å². The van der Waals surface area contributed by atoms with E-state index in [1.54, 1.807) is 19.2 Å². The first-order valence-corrected chi connectivity index (χ1v) is 8.98. The molecule has 6 heteroatoms. The van der Waals surface area contributed by atoms with E-state index in [1.807, 2.05) is 41.8 Å². The van der Waals surface area contributed by atoms with Crippen molar-refractivity contribution in [2.24, 2.45) is 0 Å². The predicted octanol–water partition coefficient (Wildman–Crippen LogP) is 3.68. The number of pyridine rings is 1. The Morgan fingerprint density at radius 2 is 2.00 bits per heavy atom. The fourth-order valence-electron chi connectivity index (χ4n) is 3.00. The summed E-state index contributed by atoms with van der Waals surface area (Å²) in [6.45, 7) is 0.362. The first kappa shape index (κ1) is 16.4. The molecule has 2 heterocycles. The van der Waals surface area contributed by atoms with Crippen LogP contribution < -0.4 is 15.6 Å². The molecule has 0 saturated carbocycles. The van der Waals surface area contributed by atoms with E-state index in [4.69, 9.17) is 4.74 Å². The monoisotopic (exact) mass is 364 g/mol. The normalized spacial score (nSPS) is 11.0. The number of hydrogen-bond donors (Lipinski definition) is 2. The van der Waals surface area contributed by atoms with Crippen molar-refractivity contribution in [3.8, 4) is 5.75 Å². The van der Waals surface area contributed by atoms with Crippen molar-refractivity contribution in [1.29, 1.82) is 0 Å². The van der Waals surface area contributed by atoms with Gasteiger partial charge in [0.2, 0.25) is 0 Å². The summed E-state index contributed by atoms with van der Waals surface area (Å²) in [5, 5.41) is 6.41. The third-order valence-electron chi connectivity index (χ3n) is 4.32. The molecule has 5 nitrogen and oxygen atoms in total. The van der Waals surface area contributed by atoms with Crippen molar-refractivity contribution >= 4 is 38.2 Å². The first-order valence-electron chi connectivity index (χ1n) is 8.10. The quantitative estimate of drug-likeness (QED) is 0.580. The van der Waals surface area contributed by atoms with Gasteiger partial charge in [0.1, 0.15) is 5.75 Å². The average Bonchev–Trinajstić information content (AvgIpc) is 3.16. The number of H-pyrrole nitrogens is 1. The standard InChI is InChI=1S/C20H16N2O3S/c1-25-17-5-3-2-4-13(17)11-21-19(23)12-6-7-14-16(10-12)22-20(24)15-8-9-26-18(14)15/h2-10H,11H2,1H3,(H,21,23)(H,22,24). The minimum absolute atomic E-state index is 0.139. The number of para-hydroxylation sites is 1. The second-order valence-electron chi connectivity index (χ2n) is 5.87. The molecule has 0 aliphatic heterocycles. The Bertz CT molecular complexity index is 1180. The SMILES string of the molecule is COc1ccccc1CNC(=O)c1ccc2c(c1)[nH]c(=O)c1ccsc12. The van der Waals surface area contributed by atoms with Crippen molar-refractivity contribution in [3.63, 3.8) is 0 Å². The van der Waals surface area contributed by atoms with Gasteiger partial charge in [-0.15, -0.1) is 11.3 Å². The van der Waals surface area contributed by atoms with Gasteiger partial charge in [0.25, 0.3) is 11.5 Å². The maximum Gasteiger partial charge on any atom is 0.257 e. The molecule has 4 rings (SSSR count). The van der Waals surface area contributed by atoms with Gasteiger partial charge in [-0.2, -0.15) is 0 Å². The number of rotatable bonds is 4. The number of carbonyl (C=O) groups excluding carboxylic acids is 1. The Hall–Kier alpha value is -3.12. The second-order valence-corrected chi connectivity index (χ2v) is 6.79. The molecule has 4 aromatic rings. The van der Waals surface area contributed by atoms with Crippen molar-refractivity contribution in [3.05, 3.63) is 75.4 Å². The maximum atomic E-state index is 12.5. The molecule has 0 aliphatic carbocycles. The highest BCUT2D eigenvalue weighted by Gasteiger charge is 2.11. The summed E-state index contributed by atoms with van der Waals surface area (Å²) < 4.78 is 6.23. The molecular formula is C20H16N2O3S. The summed E-state index contributed by atoms with van der Waals surface area (Å²) >= 11 is 1.52. The minimum Gasteiger partial charge on any atom is -0.496 e. The van der Waals surface area contributed by atoms with E-state index in [0.29, 0.717) is 23.0 Å². The van der Waals surface area contributed by atoms with Crippen LogP contribution >= 0.6 is 11.3 Å². The Balaban J connectivity index is 1.63. The summed E-state index contributed by atoms with van der Waals surface area (Å²) in [5.74, 6) is 0.528. The summed E-state index contributed by atoms with van der Waals surface area (Å²) in [6.07, 6.45) is 0. The summed E-state index contributed by atoms with van der Waals surface area (Å²) in [5.41, 5.74) is 1.92. The third-order valence-corrected chi connectivity index (χ3v) is 5.26. The first-order chi connectivity index (χ1) is 12.7. The fourth-order valence-corrected chi connectivity index (χ4v) is 3.93. The number of benzene rings is 2. The van der Waals surface area contributed by atoms with Crippen LogP contribution in [0.4, 0.5) is 0 Å². The van der Waals surface area contributed by atoms with Crippen LogP contribution in [-0.2, 0) is 6.54 Å². The molecule has 0 bridgehead atoms. The van der Waals surface area contributed by atoms with E-state index >= 15 is 0 Å². The molecule has 0 radical (unpaired) electrons. The van der Waals surface area contributed by atoms with Crippen molar-refractivity contribution in [1.82, 2.24) is 10.3 Å². The summed E-state index contributed by atoms with van der Waals surface area (Å²) in [4.78, 5) is 27.5. The van der Waals surface area contributed by atoms with Gasteiger partial charge in [-0.3, -0.25) is 9.59 Å². The number of thiophene rings is 1. The molecule has 26 heavy (non-hydrogen) atoms. The smallest absolute Gasteiger partial charge is 0.257 e. The topological polar surface area (TPSA) is 71.2 Å². The number of aromatic nitrogens is 1. The molecule has 0 fully saturated rings. The van der Waals surface area contributed by atoms with Crippen LogP contribution in [0, 0.1) is 0 Å². The Kier molecular flexibility index (Phi) is 4.18. The molecule has 0 unspecified atom stereocenters. The number of fused-ring (bicyclic) bond motifs is 3. The summed E-state index contributed by atoms with van der Waals surface area (Å²) in [7, 11) is 1.60. The number of ether oxygens (including phenoxy) is 1. The highest BCUT2D eigenvalue weighted by atomic mass is 32.1. The molecule has 1 amide bonds. The molecule has 0 saturated heterocycles. The van der Waals surface area contributed by atoms with Crippen molar-refractivity contribution in [2.45, 2.75) is 6.54 Å².